The van der Waals surface area contributed by atoms with Crippen LogP contribution in [0, 0.1) is 11.3 Å². The van der Waals surface area contributed by atoms with E-state index in [1.165, 1.54) is 87.9 Å². The summed E-state index contributed by atoms with van der Waals surface area (Å²) < 4.78 is 9.89. The average molecular weight is 1100 g/mol. The summed E-state index contributed by atoms with van der Waals surface area (Å²) in [5.41, 5.74) is 20.9. The first kappa shape index (κ1) is 54.9. The van der Waals surface area contributed by atoms with Crippen molar-refractivity contribution >= 4 is 87.2 Å². The van der Waals surface area contributed by atoms with Crippen LogP contribution in [0.3, 0.4) is 0 Å². The Labute approximate surface area is 496 Å². The topological polar surface area (TPSA) is 43.5 Å². The van der Waals surface area contributed by atoms with Crippen molar-refractivity contribution in [3.8, 4) is 28.8 Å². The van der Waals surface area contributed by atoms with Crippen LogP contribution in [0.15, 0.2) is 164 Å². The van der Waals surface area contributed by atoms with Gasteiger partial charge in [0, 0.05) is 54.5 Å². The smallest absolute Gasteiger partial charge is 0.104 e. The van der Waals surface area contributed by atoms with Crippen molar-refractivity contribution in [2.45, 2.75) is 157 Å². The average Bonchev–Trinajstić information content (AvgIpc) is 1.61. The molecule has 4 heterocycles. The molecule has 0 saturated heterocycles. The Balaban J connectivity index is 1.18. The molecule has 4 aromatic heterocycles. The van der Waals surface area contributed by atoms with Gasteiger partial charge in [0.25, 0.3) is 0 Å². The highest BCUT2D eigenvalue weighted by molar-refractivity contribution is 6.31. The lowest BCUT2D eigenvalue weighted by Gasteiger charge is -2.27. The lowest BCUT2D eigenvalue weighted by molar-refractivity contribution is 0.567. The summed E-state index contributed by atoms with van der Waals surface area (Å²) in [6, 6.07) is 65.2. The first-order chi connectivity index (χ1) is 39.4. The van der Waals surface area contributed by atoms with E-state index in [1.54, 1.807) is 0 Å². The molecule has 0 unspecified atom stereocenters. The molecule has 0 N–H and O–H groups in total. The van der Waals surface area contributed by atoms with Crippen LogP contribution in [-0.4, -0.2) is 18.3 Å². The lowest BCUT2D eigenvalue weighted by Crippen LogP contribution is -2.17. The van der Waals surface area contributed by atoms with Crippen molar-refractivity contribution in [3.05, 3.63) is 203 Å². The molecule has 0 fully saturated rings. The van der Waals surface area contributed by atoms with E-state index in [1.807, 2.05) is 0 Å². The Morgan fingerprint density at radius 2 is 0.607 bits per heavy atom. The highest BCUT2D eigenvalue weighted by Gasteiger charge is 2.31. The minimum absolute atomic E-state index is 0.0418. The third-order valence-electron chi connectivity index (χ3n) is 18.3. The summed E-state index contributed by atoms with van der Waals surface area (Å²) in [5.74, 6) is 0. The maximum absolute atomic E-state index is 11.8. The summed E-state index contributed by atoms with van der Waals surface area (Å²) in [6.45, 7) is 41.7. The first-order valence-corrected chi connectivity index (χ1v) is 30.3. The van der Waals surface area contributed by atoms with E-state index in [2.05, 4.69) is 313 Å². The fraction of sp³-hybridized carbons (Fsp3) is 0.304. The van der Waals surface area contributed by atoms with Crippen LogP contribution in [-0.2, 0) is 32.5 Å². The van der Waals surface area contributed by atoms with Gasteiger partial charge >= 0.3 is 0 Å². The predicted molar refractivity (Wildman–Crippen MR) is 361 cm³/mol. The van der Waals surface area contributed by atoms with Crippen LogP contribution in [0.25, 0.3) is 110 Å². The molecule has 0 aliphatic carbocycles. The molecule has 0 radical (unpaired) electrons. The number of hydrogen-bond donors (Lipinski definition) is 0. The molecule has 0 atom stereocenters. The summed E-state index contributed by atoms with van der Waals surface area (Å²) in [6.07, 6.45) is 0. The van der Waals surface area contributed by atoms with Gasteiger partial charge in [-0.25, -0.2) is 0 Å². The van der Waals surface area contributed by atoms with E-state index >= 15 is 0 Å². The van der Waals surface area contributed by atoms with Gasteiger partial charge in [-0.3, -0.25) is 0 Å². The number of nitriles is 1. The number of para-hydroxylation sites is 2. The number of rotatable bonds is 4. The molecule has 13 rings (SSSR count). The number of fused-ring (bicyclic) bond motifs is 14. The maximum atomic E-state index is 11.8. The highest BCUT2D eigenvalue weighted by Crippen LogP contribution is 2.49. The quantitative estimate of drug-likeness (QED) is 0.173. The zero-order valence-electron chi connectivity index (χ0n) is 52.8. The molecule has 5 nitrogen and oxygen atoms in total. The molecule has 9 aromatic carbocycles. The van der Waals surface area contributed by atoms with Gasteiger partial charge in [-0.05, 0) is 151 Å². The summed E-state index contributed by atoms with van der Waals surface area (Å²) >= 11 is 0. The van der Waals surface area contributed by atoms with Crippen LogP contribution in [0.4, 0.5) is 0 Å². The van der Waals surface area contributed by atoms with E-state index < -0.39 is 0 Å². The SMILES string of the molecule is CC(C)(C)c1cc(-n2c3ccccc3c3c2ccc2c4ccc5c(c6ccccc6n5-c5cccc(-n6c7ccc(C(C)(C)C)cc7c7cc(C(C)(C)C)ccc76)c5C#N)c4n(-c4cc(C(C)(C)C)cc(C(C)(C)C)c4)c23)cc(C(C)(C)C)c1. The van der Waals surface area contributed by atoms with Gasteiger partial charge in [0.2, 0.25) is 0 Å². The van der Waals surface area contributed by atoms with E-state index in [9.17, 15) is 5.26 Å². The van der Waals surface area contributed by atoms with Crippen molar-refractivity contribution in [2.75, 3.05) is 0 Å². The number of aromatic nitrogens is 4. The molecule has 0 spiro atoms. The largest absolute Gasteiger partial charge is 0.309 e. The molecule has 0 aliphatic rings. The van der Waals surface area contributed by atoms with Crippen LogP contribution < -0.4 is 0 Å². The van der Waals surface area contributed by atoms with Crippen LogP contribution in [0.2, 0.25) is 0 Å². The fourth-order valence-corrected chi connectivity index (χ4v) is 13.3. The zero-order chi connectivity index (χ0) is 59.7. The minimum atomic E-state index is -0.132. The molecule has 0 saturated carbocycles. The molecule has 0 aliphatic heterocycles. The second kappa shape index (κ2) is 18.3. The van der Waals surface area contributed by atoms with Gasteiger partial charge in [0.15, 0.2) is 0 Å². The molecular formula is C79H81N5. The minimum Gasteiger partial charge on any atom is -0.309 e. The van der Waals surface area contributed by atoms with Crippen molar-refractivity contribution < 1.29 is 0 Å². The second-order valence-electron chi connectivity index (χ2n) is 30.4. The van der Waals surface area contributed by atoms with Crippen LogP contribution in [0.1, 0.15) is 164 Å². The van der Waals surface area contributed by atoms with Crippen LogP contribution in [0.5, 0.6) is 0 Å². The van der Waals surface area contributed by atoms with Gasteiger partial charge in [-0.2, -0.15) is 5.26 Å². The normalized spacial score (nSPS) is 13.3. The van der Waals surface area contributed by atoms with E-state index in [-0.39, 0.29) is 32.5 Å². The first-order valence-electron chi connectivity index (χ1n) is 30.3. The highest BCUT2D eigenvalue weighted by atomic mass is 15.0. The summed E-state index contributed by atoms with van der Waals surface area (Å²) in [7, 11) is 0. The number of nitrogens with zero attached hydrogens (tertiary/aromatic N) is 5. The molecule has 84 heavy (non-hydrogen) atoms. The van der Waals surface area contributed by atoms with Gasteiger partial charge in [-0.1, -0.05) is 203 Å². The predicted octanol–water partition coefficient (Wildman–Crippen LogP) is 21.7. The molecule has 422 valence electrons. The van der Waals surface area contributed by atoms with Gasteiger partial charge < -0.3 is 18.3 Å². The van der Waals surface area contributed by atoms with Crippen molar-refractivity contribution in [3.63, 3.8) is 0 Å². The number of hydrogen-bond acceptors (Lipinski definition) is 1. The van der Waals surface area contributed by atoms with E-state index in [0.29, 0.717) is 5.56 Å². The molecule has 0 amide bonds. The van der Waals surface area contributed by atoms with E-state index in [4.69, 9.17) is 0 Å². The summed E-state index contributed by atoms with van der Waals surface area (Å²) in [5, 5.41) is 21.3. The standard InChI is InChI=1S/C79H81N5/c1-74(2,3)47-30-34-66-59(44-47)60-45-48(75(4,5)6)31-35-67(60)83(66)64-28-23-29-65(61(64)46-80)84-63-27-22-20-25-58(63)71-69(84)37-33-56-55-32-36-68-70(72(55)82(73(56)71)54-42-51(78(13,14)15)39-52(43-54)79(16,17)18)57-24-19-21-26-62(57)81(68)53-40-49(76(7,8)9)38-50(41-53)77(10,11)12/h19-45H,1-18H3. The van der Waals surface area contributed by atoms with Gasteiger partial charge in [-0.15, -0.1) is 0 Å². The molecule has 5 heteroatoms. The Morgan fingerprint density at radius 1 is 0.274 bits per heavy atom. The molecule has 13 aromatic rings. The Kier molecular flexibility index (Phi) is 12.0. The summed E-state index contributed by atoms with van der Waals surface area (Å²) in [4.78, 5) is 0. The second-order valence-corrected chi connectivity index (χ2v) is 30.4. The Hall–Kier alpha value is -8.33. The van der Waals surface area contributed by atoms with Crippen molar-refractivity contribution in [1.29, 1.82) is 5.26 Å². The Morgan fingerprint density at radius 3 is 1.00 bits per heavy atom. The number of benzene rings is 9. The molecule has 0 bridgehead atoms. The Bertz CT molecular complexity index is 4810. The lowest BCUT2D eigenvalue weighted by atomic mass is 9.80. The maximum Gasteiger partial charge on any atom is 0.104 e. The zero-order valence-corrected chi connectivity index (χ0v) is 52.8. The monoisotopic (exact) mass is 1100 g/mol. The van der Waals surface area contributed by atoms with Crippen molar-refractivity contribution in [1.82, 2.24) is 18.3 Å². The van der Waals surface area contributed by atoms with Gasteiger partial charge in [0.05, 0.1) is 55.5 Å². The fourth-order valence-electron chi connectivity index (χ4n) is 13.3. The van der Waals surface area contributed by atoms with Gasteiger partial charge in [0.1, 0.15) is 11.6 Å². The van der Waals surface area contributed by atoms with E-state index in [0.717, 1.165) is 55.4 Å². The van der Waals surface area contributed by atoms with Crippen LogP contribution >= 0.6 is 0 Å². The molecular weight excluding hydrogens is 1020 g/mol. The third-order valence-corrected chi connectivity index (χ3v) is 18.3. The third kappa shape index (κ3) is 8.52. The van der Waals surface area contributed by atoms with Crippen molar-refractivity contribution in [2.24, 2.45) is 0 Å².